The molecule has 3 N–H and O–H groups in total. The average molecular weight is 270 g/mol. The molecule has 0 aromatic carbocycles. The maximum absolute atomic E-state index is 12.0. The van der Waals surface area contributed by atoms with E-state index in [-0.39, 0.29) is 6.54 Å². The first-order chi connectivity index (χ1) is 9.06. The van der Waals surface area contributed by atoms with E-state index in [1.165, 1.54) is 22.2 Å². The summed E-state index contributed by atoms with van der Waals surface area (Å²) >= 11 is 0. The zero-order valence-electron chi connectivity index (χ0n) is 10.6. The van der Waals surface area contributed by atoms with Crippen molar-refractivity contribution in [1.82, 2.24) is 19.7 Å². The molecule has 1 aliphatic rings. The minimum absolute atomic E-state index is 0.219. The molecular formula is C11H18N4O4. The van der Waals surface area contributed by atoms with Crippen molar-refractivity contribution < 1.29 is 20.1 Å². The van der Waals surface area contributed by atoms with Crippen molar-refractivity contribution in [2.75, 3.05) is 6.54 Å². The molecule has 0 unspecified atom stereocenters. The maximum Gasteiger partial charge on any atom is 0.254 e. The SMILES string of the molecule is CCCN1C(=O)[C@H](O)[C@H](O)[C@H](O)[C@H]1Cn1cncn1. The van der Waals surface area contributed by atoms with E-state index in [4.69, 9.17) is 0 Å². The van der Waals surface area contributed by atoms with Crippen molar-refractivity contribution >= 4 is 5.91 Å². The second-order valence-electron chi connectivity index (χ2n) is 4.64. The van der Waals surface area contributed by atoms with Gasteiger partial charge in [-0.15, -0.1) is 0 Å². The highest BCUT2D eigenvalue weighted by molar-refractivity contribution is 5.82. The fourth-order valence-electron chi connectivity index (χ4n) is 2.32. The van der Waals surface area contributed by atoms with Gasteiger partial charge in [0.25, 0.3) is 5.91 Å². The van der Waals surface area contributed by atoms with Crippen LogP contribution in [0.2, 0.25) is 0 Å². The van der Waals surface area contributed by atoms with E-state index < -0.39 is 30.3 Å². The number of rotatable bonds is 4. The summed E-state index contributed by atoms with van der Waals surface area (Å²) in [5.74, 6) is -0.565. The van der Waals surface area contributed by atoms with Gasteiger partial charge < -0.3 is 20.2 Å². The third-order valence-electron chi connectivity index (χ3n) is 3.31. The minimum Gasteiger partial charge on any atom is -0.388 e. The monoisotopic (exact) mass is 270 g/mol. The van der Waals surface area contributed by atoms with E-state index in [2.05, 4.69) is 10.1 Å². The molecule has 0 spiro atoms. The second kappa shape index (κ2) is 5.64. The summed E-state index contributed by atoms with van der Waals surface area (Å²) in [6.07, 6.45) is -0.758. The van der Waals surface area contributed by atoms with Gasteiger partial charge in [0.15, 0.2) is 6.10 Å². The number of likely N-dealkylation sites (tertiary alicyclic amines) is 1. The van der Waals surface area contributed by atoms with Gasteiger partial charge in [-0.25, -0.2) is 4.98 Å². The summed E-state index contributed by atoms with van der Waals surface area (Å²) in [6, 6.07) is -0.632. The highest BCUT2D eigenvalue weighted by atomic mass is 16.4. The van der Waals surface area contributed by atoms with Gasteiger partial charge in [-0.1, -0.05) is 6.92 Å². The van der Waals surface area contributed by atoms with Crippen LogP contribution in [0.25, 0.3) is 0 Å². The normalized spacial score (nSPS) is 31.8. The first-order valence-electron chi connectivity index (χ1n) is 6.23. The highest BCUT2D eigenvalue weighted by Crippen LogP contribution is 2.21. The van der Waals surface area contributed by atoms with Crippen LogP contribution in [0.15, 0.2) is 12.7 Å². The number of aliphatic hydroxyl groups is 3. The molecule has 2 rings (SSSR count). The number of amides is 1. The number of aromatic nitrogens is 3. The van der Waals surface area contributed by atoms with E-state index >= 15 is 0 Å². The number of aliphatic hydroxyl groups excluding tert-OH is 3. The number of carbonyl (C=O) groups excluding carboxylic acids is 1. The summed E-state index contributed by atoms with van der Waals surface area (Å²) in [5.41, 5.74) is 0. The summed E-state index contributed by atoms with van der Waals surface area (Å²) in [6.45, 7) is 2.51. The lowest BCUT2D eigenvalue weighted by molar-refractivity contribution is -0.177. The Morgan fingerprint density at radius 2 is 2.05 bits per heavy atom. The van der Waals surface area contributed by atoms with Crippen LogP contribution < -0.4 is 0 Å². The second-order valence-corrected chi connectivity index (χ2v) is 4.64. The molecule has 0 bridgehead atoms. The maximum atomic E-state index is 12.0. The lowest BCUT2D eigenvalue weighted by Crippen LogP contribution is -2.65. The largest absolute Gasteiger partial charge is 0.388 e. The molecule has 2 heterocycles. The molecule has 1 amide bonds. The Hall–Kier alpha value is -1.51. The quantitative estimate of drug-likeness (QED) is 0.582. The van der Waals surface area contributed by atoms with Crippen molar-refractivity contribution in [3.05, 3.63) is 12.7 Å². The molecule has 1 aromatic heterocycles. The van der Waals surface area contributed by atoms with Gasteiger partial charge in [0.05, 0.1) is 12.6 Å². The first-order valence-corrected chi connectivity index (χ1v) is 6.23. The predicted molar refractivity (Wildman–Crippen MR) is 63.8 cm³/mol. The Morgan fingerprint density at radius 3 is 2.63 bits per heavy atom. The molecule has 0 aliphatic carbocycles. The van der Waals surface area contributed by atoms with Crippen molar-refractivity contribution in [2.24, 2.45) is 0 Å². The van der Waals surface area contributed by atoms with Crippen LogP contribution in [0.5, 0.6) is 0 Å². The Morgan fingerprint density at radius 1 is 1.32 bits per heavy atom. The van der Waals surface area contributed by atoms with Crippen molar-refractivity contribution in [1.29, 1.82) is 0 Å². The Labute approximate surface area is 110 Å². The Bertz CT molecular complexity index is 424. The van der Waals surface area contributed by atoms with E-state index in [1.54, 1.807) is 0 Å². The standard InChI is InChI=1S/C11H18N4O4/c1-2-3-15-7(4-14-6-12-5-13-14)8(16)9(17)10(18)11(15)19/h5-10,16-18H,2-4H2,1H3/t7-,8-,9-,10-/m1/s1. The van der Waals surface area contributed by atoms with Crippen LogP contribution in [0, 0.1) is 0 Å². The van der Waals surface area contributed by atoms with Gasteiger partial charge in [0, 0.05) is 6.54 Å². The van der Waals surface area contributed by atoms with Crippen LogP contribution in [0.1, 0.15) is 13.3 Å². The van der Waals surface area contributed by atoms with Gasteiger partial charge in [0.1, 0.15) is 24.9 Å². The van der Waals surface area contributed by atoms with E-state index in [0.717, 1.165) is 0 Å². The number of hydrogen-bond acceptors (Lipinski definition) is 6. The zero-order chi connectivity index (χ0) is 14.0. The summed E-state index contributed by atoms with van der Waals surface area (Å²) in [7, 11) is 0. The van der Waals surface area contributed by atoms with Gasteiger partial charge in [-0.2, -0.15) is 5.10 Å². The number of hydrogen-bond donors (Lipinski definition) is 3. The highest BCUT2D eigenvalue weighted by Gasteiger charge is 2.46. The molecule has 4 atom stereocenters. The van der Waals surface area contributed by atoms with Crippen LogP contribution in [-0.4, -0.2) is 71.8 Å². The first kappa shape index (κ1) is 13.9. The van der Waals surface area contributed by atoms with Gasteiger partial charge in [-0.05, 0) is 6.42 Å². The van der Waals surface area contributed by atoms with Crippen molar-refractivity contribution in [2.45, 2.75) is 44.2 Å². The van der Waals surface area contributed by atoms with Crippen LogP contribution in [0.3, 0.4) is 0 Å². The number of piperidine rings is 1. The number of carbonyl (C=O) groups is 1. The minimum atomic E-state index is -1.58. The fourth-order valence-corrected chi connectivity index (χ4v) is 2.32. The summed E-state index contributed by atoms with van der Waals surface area (Å²) in [4.78, 5) is 17.2. The number of nitrogens with zero attached hydrogens (tertiary/aromatic N) is 4. The van der Waals surface area contributed by atoms with Crippen LogP contribution in [-0.2, 0) is 11.3 Å². The average Bonchev–Trinajstić information content (AvgIpc) is 2.91. The molecule has 1 aliphatic heterocycles. The van der Waals surface area contributed by atoms with Gasteiger partial charge in [0.2, 0.25) is 0 Å². The third-order valence-corrected chi connectivity index (χ3v) is 3.31. The molecular weight excluding hydrogens is 252 g/mol. The third kappa shape index (κ3) is 2.60. The lowest BCUT2D eigenvalue weighted by Gasteiger charge is -2.43. The van der Waals surface area contributed by atoms with E-state index in [9.17, 15) is 20.1 Å². The van der Waals surface area contributed by atoms with Crippen molar-refractivity contribution in [3.8, 4) is 0 Å². The fraction of sp³-hybridized carbons (Fsp3) is 0.727. The summed E-state index contributed by atoms with van der Waals surface area (Å²) in [5, 5.41) is 33.3. The molecule has 19 heavy (non-hydrogen) atoms. The van der Waals surface area contributed by atoms with Crippen LogP contribution >= 0.6 is 0 Å². The van der Waals surface area contributed by atoms with Crippen molar-refractivity contribution in [3.63, 3.8) is 0 Å². The van der Waals surface area contributed by atoms with Gasteiger partial charge >= 0.3 is 0 Å². The molecule has 0 saturated carbocycles. The lowest BCUT2D eigenvalue weighted by atomic mass is 9.93. The topological polar surface area (TPSA) is 112 Å². The molecule has 8 heteroatoms. The van der Waals surface area contributed by atoms with E-state index in [1.807, 2.05) is 6.92 Å². The summed E-state index contributed by atoms with van der Waals surface area (Å²) < 4.78 is 1.48. The molecule has 1 fully saturated rings. The predicted octanol–water partition coefficient (Wildman–Crippen LogP) is -2.02. The van der Waals surface area contributed by atoms with Gasteiger partial charge in [-0.3, -0.25) is 9.48 Å². The molecule has 8 nitrogen and oxygen atoms in total. The Kier molecular flexibility index (Phi) is 4.13. The smallest absolute Gasteiger partial charge is 0.254 e. The van der Waals surface area contributed by atoms with Crippen LogP contribution in [0.4, 0.5) is 0 Å². The van der Waals surface area contributed by atoms with E-state index in [0.29, 0.717) is 13.0 Å². The molecule has 0 radical (unpaired) electrons. The zero-order valence-corrected chi connectivity index (χ0v) is 10.6. The molecule has 106 valence electrons. The molecule has 1 saturated heterocycles. The molecule has 1 aromatic rings. The Balaban J connectivity index is 2.22.